The van der Waals surface area contributed by atoms with Crippen LogP contribution in [-0.2, 0) is 11.3 Å². The van der Waals surface area contributed by atoms with Gasteiger partial charge in [0.1, 0.15) is 0 Å². The van der Waals surface area contributed by atoms with Crippen molar-refractivity contribution in [1.29, 1.82) is 0 Å². The lowest BCUT2D eigenvalue weighted by Crippen LogP contribution is -2.16. The molecule has 1 rings (SSSR count). The Bertz CT molecular complexity index is 328. The third-order valence-corrected chi connectivity index (χ3v) is 3.43. The van der Waals surface area contributed by atoms with E-state index >= 15 is 0 Å². The Morgan fingerprint density at radius 2 is 2.12 bits per heavy atom. The second-order valence-corrected chi connectivity index (χ2v) is 5.08. The van der Waals surface area contributed by atoms with E-state index in [4.69, 9.17) is 4.74 Å². The van der Waals surface area contributed by atoms with Crippen LogP contribution < -0.4 is 5.32 Å². The molecule has 0 bridgehead atoms. The van der Waals surface area contributed by atoms with Crippen LogP contribution in [0.3, 0.4) is 0 Å². The van der Waals surface area contributed by atoms with Crippen molar-refractivity contribution in [3.8, 4) is 0 Å². The third kappa shape index (κ3) is 6.20. The summed E-state index contributed by atoms with van der Waals surface area (Å²) in [5, 5.41) is 3.43. The number of hydrogen-bond acceptors (Lipinski definition) is 2. The Hall–Kier alpha value is -0.380. The van der Waals surface area contributed by atoms with Gasteiger partial charge in [0.2, 0.25) is 0 Å². The topological polar surface area (TPSA) is 21.3 Å². The highest BCUT2D eigenvalue weighted by Crippen LogP contribution is 2.16. The number of rotatable bonds is 8. The third-order valence-electron chi connectivity index (χ3n) is 2.54. The number of aryl methyl sites for hydroxylation is 1. The molecule has 0 spiro atoms. The van der Waals surface area contributed by atoms with Gasteiger partial charge in [-0.1, -0.05) is 35.0 Å². The Morgan fingerprint density at radius 1 is 1.29 bits per heavy atom. The van der Waals surface area contributed by atoms with Crippen molar-refractivity contribution >= 4 is 15.9 Å². The minimum atomic E-state index is 0.861. The normalized spacial score (nSPS) is 10.8. The van der Waals surface area contributed by atoms with E-state index in [0.717, 1.165) is 39.1 Å². The molecule has 1 aromatic carbocycles. The van der Waals surface area contributed by atoms with Crippen molar-refractivity contribution in [1.82, 2.24) is 5.32 Å². The molecule has 0 fully saturated rings. The highest BCUT2D eigenvalue weighted by atomic mass is 79.9. The summed E-state index contributed by atoms with van der Waals surface area (Å²) in [6, 6.07) is 6.47. The Labute approximate surface area is 113 Å². The summed E-state index contributed by atoms with van der Waals surface area (Å²) in [4.78, 5) is 0. The first-order chi connectivity index (χ1) is 8.24. The van der Waals surface area contributed by atoms with E-state index in [9.17, 15) is 0 Å². The largest absolute Gasteiger partial charge is 0.381 e. The zero-order valence-electron chi connectivity index (χ0n) is 10.8. The van der Waals surface area contributed by atoms with Gasteiger partial charge in [0, 0.05) is 24.2 Å². The standard InChI is InChI=1S/C14H22BrNO/c1-3-8-17-9-4-7-16-11-13-5-6-14(15)12(2)10-13/h5-6,10,16H,3-4,7-9,11H2,1-2H3. The van der Waals surface area contributed by atoms with Crippen LogP contribution in [0.15, 0.2) is 22.7 Å². The zero-order valence-corrected chi connectivity index (χ0v) is 12.3. The lowest BCUT2D eigenvalue weighted by molar-refractivity contribution is 0.132. The Balaban J connectivity index is 2.11. The van der Waals surface area contributed by atoms with Gasteiger partial charge in [-0.25, -0.2) is 0 Å². The average Bonchev–Trinajstić information content (AvgIpc) is 2.32. The fourth-order valence-electron chi connectivity index (χ4n) is 1.60. The van der Waals surface area contributed by atoms with Crippen molar-refractivity contribution in [2.45, 2.75) is 33.2 Å². The SMILES string of the molecule is CCCOCCCNCc1ccc(Br)c(C)c1. The molecule has 0 unspecified atom stereocenters. The van der Waals surface area contributed by atoms with Crippen molar-refractivity contribution in [3.05, 3.63) is 33.8 Å². The molecule has 0 atom stereocenters. The summed E-state index contributed by atoms with van der Waals surface area (Å²) in [6.45, 7) is 7.94. The summed E-state index contributed by atoms with van der Waals surface area (Å²) >= 11 is 3.51. The van der Waals surface area contributed by atoms with Crippen molar-refractivity contribution < 1.29 is 4.74 Å². The first-order valence-corrected chi connectivity index (χ1v) is 7.07. The summed E-state index contributed by atoms with van der Waals surface area (Å²) in [5.41, 5.74) is 2.62. The summed E-state index contributed by atoms with van der Waals surface area (Å²) in [5.74, 6) is 0. The minimum absolute atomic E-state index is 0.861. The molecule has 0 saturated heterocycles. The monoisotopic (exact) mass is 299 g/mol. The van der Waals surface area contributed by atoms with Crippen molar-refractivity contribution in [2.75, 3.05) is 19.8 Å². The van der Waals surface area contributed by atoms with Crippen LogP contribution in [0.4, 0.5) is 0 Å². The maximum Gasteiger partial charge on any atom is 0.0478 e. The molecule has 0 aromatic heterocycles. The highest BCUT2D eigenvalue weighted by Gasteiger charge is 1.97. The molecular weight excluding hydrogens is 278 g/mol. The van der Waals surface area contributed by atoms with E-state index in [-0.39, 0.29) is 0 Å². The van der Waals surface area contributed by atoms with Gasteiger partial charge < -0.3 is 10.1 Å². The van der Waals surface area contributed by atoms with E-state index in [1.807, 2.05) is 0 Å². The number of hydrogen-bond donors (Lipinski definition) is 1. The molecular formula is C14H22BrNO. The lowest BCUT2D eigenvalue weighted by Gasteiger charge is -2.07. The van der Waals surface area contributed by atoms with Gasteiger partial charge in [-0.15, -0.1) is 0 Å². The van der Waals surface area contributed by atoms with E-state index in [0.29, 0.717) is 0 Å². The first-order valence-electron chi connectivity index (χ1n) is 6.27. The maximum atomic E-state index is 5.42. The fraction of sp³-hybridized carbons (Fsp3) is 0.571. The molecule has 0 heterocycles. The van der Waals surface area contributed by atoms with Crippen molar-refractivity contribution in [3.63, 3.8) is 0 Å². The molecule has 1 aromatic rings. The predicted octanol–water partition coefficient (Wildman–Crippen LogP) is 3.66. The smallest absolute Gasteiger partial charge is 0.0478 e. The molecule has 0 saturated carbocycles. The van der Waals surface area contributed by atoms with Gasteiger partial charge in [-0.05, 0) is 43.5 Å². The van der Waals surface area contributed by atoms with E-state index in [1.165, 1.54) is 15.6 Å². The van der Waals surface area contributed by atoms with Crippen LogP contribution in [0.1, 0.15) is 30.9 Å². The number of ether oxygens (including phenoxy) is 1. The van der Waals surface area contributed by atoms with Crippen LogP contribution in [0, 0.1) is 6.92 Å². The summed E-state index contributed by atoms with van der Waals surface area (Å²) in [7, 11) is 0. The van der Waals surface area contributed by atoms with E-state index < -0.39 is 0 Å². The number of nitrogens with one attached hydrogen (secondary N) is 1. The molecule has 1 N–H and O–H groups in total. The van der Waals surface area contributed by atoms with Gasteiger partial charge in [0.25, 0.3) is 0 Å². The zero-order chi connectivity index (χ0) is 12.5. The lowest BCUT2D eigenvalue weighted by atomic mass is 10.1. The van der Waals surface area contributed by atoms with Crippen LogP contribution in [0.5, 0.6) is 0 Å². The predicted molar refractivity (Wildman–Crippen MR) is 76.3 cm³/mol. The Morgan fingerprint density at radius 3 is 2.82 bits per heavy atom. The fourth-order valence-corrected chi connectivity index (χ4v) is 1.84. The first kappa shape index (κ1) is 14.7. The van der Waals surface area contributed by atoms with E-state index in [2.05, 4.69) is 53.3 Å². The average molecular weight is 300 g/mol. The second-order valence-electron chi connectivity index (χ2n) is 4.23. The molecule has 3 heteroatoms. The summed E-state index contributed by atoms with van der Waals surface area (Å²) in [6.07, 6.45) is 2.18. The van der Waals surface area contributed by atoms with Crippen LogP contribution in [0.25, 0.3) is 0 Å². The second kappa shape index (κ2) is 8.67. The van der Waals surface area contributed by atoms with Gasteiger partial charge in [0.15, 0.2) is 0 Å². The molecule has 17 heavy (non-hydrogen) atoms. The molecule has 2 nitrogen and oxygen atoms in total. The van der Waals surface area contributed by atoms with Gasteiger partial charge in [0.05, 0.1) is 0 Å². The molecule has 96 valence electrons. The minimum Gasteiger partial charge on any atom is -0.381 e. The van der Waals surface area contributed by atoms with Gasteiger partial charge in [-0.2, -0.15) is 0 Å². The quantitative estimate of drug-likeness (QED) is 0.740. The van der Waals surface area contributed by atoms with Crippen LogP contribution >= 0.6 is 15.9 Å². The van der Waals surface area contributed by atoms with Crippen LogP contribution in [0.2, 0.25) is 0 Å². The highest BCUT2D eigenvalue weighted by molar-refractivity contribution is 9.10. The molecule has 0 aliphatic rings. The molecule has 0 aliphatic carbocycles. The van der Waals surface area contributed by atoms with E-state index in [1.54, 1.807) is 0 Å². The molecule has 0 radical (unpaired) electrons. The molecule has 0 aliphatic heterocycles. The maximum absolute atomic E-state index is 5.42. The number of halogens is 1. The van der Waals surface area contributed by atoms with Gasteiger partial charge in [-0.3, -0.25) is 0 Å². The van der Waals surface area contributed by atoms with Gasteiger partial charge >= 0.3 is 0 Å². The number of benzene rings is 1. The Kier molecular flexibility index (Phi) is 7.49. The van der Waals surface area contributed by atoms with Crippen LogP contribution in [-0.4, -0.2) is 19.8 Å². The summed E-state index contributed by atoms with van der Waals surface area (Å²) < 4.78 is 6.60. The molecule has 0 amide bonds. The van der Waals surface area contributed by atoms with Crippen molar-refractivity contribution in [2.24, 2.45) is 0 Å².